The number of hydrogen-bond acceptors (Lipinski definition) is 7. The van der Waals surface area contributed by atoms with Gasteiger partial charge in [-0.3, -0.25) is 24.0 Å². The average molecular weight is 523 g/mol. The lowest BCUT2D eigenvalue weighted by Crippen LogP contribution is -2.58. The van der Waals surface area contributed by atoms with Crippen molar-refractivity contribution in [2.24, 2.45) is 11.7 Å². The fraction of sp³-hybridized carbons (Fsp3) is 0.500. The first-order valence-corrected chi connectivity index (χ1v) is 11.7. The van der Waals surface area contributed by atoms with Gasteiger partial charge in [0.2, 0.25) is 17.7 Å². The maximum atomic E-state index is 12.9. The molecule has 0 radical (unpaired) electrons. The van der Waals surface area contributed by atoms with Gasteiger partial charge in [0.25, 0.3) is 0 Å². The largest absolute Gasteiger partial charge is 0.481 e. The van der Waals surface area contributed by atoms with Gasteiger partial charge in [0.1, 0.15) is 18.1 Å². The molecule has 0 heterocycles. The van der Waals surface area contributed by atoms with Crippen LogP contribution in [0.5, 0.6) is 0 Å². The second-order valence-corrected chi connectivity index (χ2v) is 8.66. The first-order valence-electron chi connectivity index (χ1n) is 11.7. The second-order valence-electron chi connectivity index (χ2n) is 8.66. The normalized spacial score (nSPS) is 14.8. The number of benzene rings is 1. The van der Waals surface area contributed by atoms with Crippen molar-refractivity contribution in [2.45, 2.75) is 70.1 Å². The van der Waals surface area contributed by atoms with Crippen LogP contribution >= 0.6 is 0 Å². The monoisotopic (exact) mass is 522 g/mol. The fourth-order valence-corrected chi connectivity index (χ4v) is 3.37. The molecular formula is C24H34N4O9. The number of amides is 3. The van der Waals surface area contributed by atoms with Gasteiger partial charge in [0.05, 0.1) is 12.5 Å². The number of nitrogens with two attached hydrogens (primary N) is 1. The van der Waals surface area contributed by atoms with Crippen molar-refractivity contribution in [3.63, 3.8) is 0 Å². The van der Waals surface area contributed by atoms with Crippen LogP contribution in [0.4, 0.5) is 0 Å². The number of carboxylic acids is 3. The molecule has 0 bridgehead atoms. The van der Waals surface area contributed by atoms with E-state index in [0.717, 1.165) is 5.56 Å². The Bertz CT molecular complexity index is 970. The van der Waals surface area contributed by atoms with E-state index in [0.29, 0.717) is 6.42 Å². The molecule has 0 aliphatic heterocycles. The van der Waals surface area contributed by atoms with Gasteiger partial charge in [-0.15, -0.1) is 0 Å². The van der Waals surface area contributed by atoms with Crippen LogP contribution in [0.2, 0.25) is 0 Å². The quantitative estimate of drug-likeness (QED) is 0.147. The van der Waals surface area contributed by atoms with Crippen LogP contribution in [0.25, 0.3) is 0 Å². The third-order valence-electron chi connectivity index (χ3n) is 5.70. The Morgan fingerprint density at radius 2 is 1.41 bits per heavy atom. The van der Waals surface area contributed by atoms with E-state index in [9.17, 15) is 39.0 Å². The highest BCUT2D eigenvalue weighted by Crippen LogP contribution is 2.10. The van der Waals surface area contributed by atoms with Crippen molar-refractivity contribution in [1.82, 2.24) is 16.0 Å². The van der Waals surface area contributed by atoms with E-state index in [4.69, 9.17) is 10.8 Å². The summed E-state index contributed by atoms with van der Waals surface area (Å²) < 4.78 is 0. The Hall–Kier alpha value is -4.00. The molecule has 0 saturated carbocycles. The van der Waals surface area contributed by atoms with Gasteiger partial charge in [-0.05, 0) is 24.3 Å². The van der Waals surface area contributed by atoms with E-state index in [1.807, 2.05) is 0 Å². The molecule has 8 N–H and O–H groups in total. The molecule has 13 nitrogen and oxygen atoms in total. The predicted octanol–water partition coefficient (Wildman–Crippen LogP) is -0.519. The van der Waals surface area contributed by atoms with Gasteiger partial charge in [-0.1, -0.05) is 50.6 Å². The van der Waals surface area contributed by atoms with E-state index < -0.39 is 78.6 Å². The van der Waals surface area contributed by atoms with Gasteiger partial charge in [0, 0.05) is 6.42 Å². The highest BCUT2D eigenvalue weighted by molar-refractivity contribution is 5.95. The van der Waals surface area contributed by atoms with E-state index in [1.54, 1.807) is 44.2 Å². The Morgan fingerprint density at radius 3 is 1.92 bits per heavy atom. The Balaban J connectivity index is 3.02. The molecule has 1 aromatic rings. The van der Waals surface area contributed by atoms with Crippen molar-refractivity contribution in [3.05, 3.63) is 35.9 Å². The number of hydrogen-bond donors (Lipinski definition) is 7. The summed E-state index contributed by atoms with van der Waals surface area (Å²) in [6.45, 7) is 3.29. The minimum absolute atomic E-state index is 0.135. The smallest absolute Gasteiger partial charge is 0.326 e. The number of rotatable bonds is 16. The van der Waals surface area contributed by atoms with Crippen LogP contribution in [-0.4, -0.2) is 75.1 Å². The molecule has 1 aromatic carbocycles. The summed E-state index contributed by atoms with van der Waals surface area (Å²) in [5.41, 5.74) is 6.69. The van der Waals surface area contributed by atoms with Crippen molar-refractivity contribution in [2.75, 3.05) is 0 Å². The molecule has 1 rings (SSSR count). The summed E-state index contributed by atoms with van der Waals surface area (Å²) in [4.78, 5) is 72.2. The zero-order valence-electron chi connectivity index (χ0n) is 20.7. The third-order valence-corrected chi connectivity index (χ3v) is 5.70. The van der Waals surface area contributed by atoms with Crippen LogP contribution in [0.15, 0.2) is 30.3 Å². The second kappa shape index (κ2) is 15.2. The van der Waals surface area contributed by atoms with Gasteiger partial charge in [-0.25, -0.2) is 4.79 Å². The van der Waals surface area contributed by atoms with E-state index in [2.05, 4.69) is 16.0 Å². The lowest BCUT2D eigenvalue weighted by atomic mass is 9.98. The van der Waals surface area contributed by atoms with Gasteiger partial charge < -0.3 is 37.0 Å². The fourth-order valence-electron chi connectivity index (χ4n) is 3.37. The molecule has 0 aliphatic rings. The topological polar surface area (TPSA) is 225 Å². The summed E-state index contributed by atoms with van der Waals surface area (Å²) in [5.74, 6) is -7.34. The molecule has 5 atom stereocenters. The van der Waals surface area contributed by atoms with Crippen molar-refractivity contribution in [1.29, 1.82) is 0 Å². The third kappa shape index (κ3) is 11.1. The molecule has 0 saturated heterocycles. The summed E-state index contributed by atoms with van der Waals surface area (Å²) in [5, 5.41) is 34.4. The number of carbonyl (C=O) groups is 6. The Labute approximate surface area is 213 Å². The van der Waals surface area contributed by atoms with Gasteiger partial charge in [-0.2, -0.15) is 0 Å². The molecule has 3 amide bonds. The lowest BCUT2D eigenvalue weighted by molar-refractivity contribution is -0.144. The Morgan fingerprint density at radius 1 is 0.838 bits per heavy atom. The lowest BCUT2D eigenvalue weighted by Gasteiger charge is -2.26. The zero-order chi connectivity index (χ0) is 28.1. The zero-order valence-corrected chi connectivity index (χ0v) is 20.7. The van der Waals surface area contributed by atoms with Crippen LogP contribution < -0.4 is 21.7 Å². The number of nitrogens with one attached hydrogen (secondary N) is 3. The average Bonchev–Trinajstić information content (AvgIpc) is 2.83. The Kier molecular flexibility index (Phi) is 12.7. The molecule has 0 fully saturated rings. The van der Waals surface area contributed by atoms with E-state index in [-0.39, 0.29) is 12.8 Å². The van der Waals surface area contributed by atoms with Crippen LogP contribution in [0, 0.1) is 5.92 Å². The maximum absolute atomic E-state index is 12.9. The molecule has 204 valence electrons. The maximum Gasteiger partial charge on any atom is 0.326 e. The number of carbonyl (C=O) groups excluding carboxylic acids is 3. The standard InChI is InChI=1S/C24H34N4O9/c1-3-13(2)20(24(36)37)28-23(35)17(12-19(31)32)27-22(34)16(9-10-18(29)30)26-21(33)15(25)11-14-7-5-4-6-8-14/h4-8,13,15-17,20H,3,9-12,25H2,1-2H3,(H,26,33)(H,27,34)(H,28,35)(H,29,30)(H,31,32)(H,36,37). The molecule has 0 spiro atoms. The summed E-state index contributed by atoms with van der Waals surface area (Å²) in [6, 6.07) is 3.27. The molecule has 0 aromatic heterocycles. The minimum atomic E-state index is -1.68. The van der Waals surface area contributed by atoms with Crippen LogP contribution in [-0.2, 0) is 35.2 Å². The minimum Gasteiger partial charge on any atom is -0.481 e. The molecule has 5 unspecified atom stereocenters. The van der Waals surface area contributed by atoms with Crippen molar-refractivity contribution >= 4 is 35.6 Å². The van der Waals surface area contributed by atoms with Gasteiger partial charge >= 0.3 is 17.9 Å². The SMILES string of the molecule is CCC(C)C(NC(=O)C(CC(=O)O)NC(=O)C(CCC(=O)O)NC(=O)C(N)Cc1ccccc1)C(=O)O. The van der Waals surface area contributed by atoms with Crippen molar-refractivity contribution in [3.8, 4) is 0 Å². The molecular weight excluding hydrogens is 488 g/mol. The molecule has 37 heavy (non-hydrogen) atoms. The number of aliphatic carboxylic acids is 3. The van der Waals surface area contributed by atoms with Crippen LogP contribution in [0.1, 0.15) is 45.1 Å². The summed E-state index contributed by atoms with van der Waals surface area (Å²) in [6.07, 6.45) is -1.22. The predicted molar refractivity (Wildman–Crippen MR) is 130 cm³/mol. The summed E-state index contributed by atoms with van der Waals surface area (Å²) >= 11 is 0. The highest BCUT2D eigenvalue weighted by atomic mass is 16.4. The van der Waals surface area contributed by atoms with Crippen LogP contribution in [0.3, 0.4) is 0 Å². The first kappa shape index (κ1) is 31.0. The first-order chi connectivity index (χ1) is 17.3. The van der Waals surface area contributed by atoms with E-state index >= 15 is 0 Å². The molecule has 0 aliphatic carbocycles. The molecule has 13 heteroatoms. The highest BCUT2D eigenvalue weighted by Gasteiger charge is 2.33. The van der Waals surface area contributed by atoms with Crippen molar-refractivity contribution < 1.29 is 44.1 Å². The van der Waals surface area contributed by atoms with Gasteiger partial charge in [0.15, 0.2) is 0 Å². The number of carboxylic acid groups (broad SMARTS) is 3. The summed E-state index contributed by atoms with van der Waals surface area (Å²) in [7, 11) is 0. The van der Waals surface area contributed by atoms with E-state index in [1.165, 1.54) is 0 Å².